The minimum Gasteiger partial charge on any atom is -0.345 e. The van der Waals surface area contributed by atoms with Crippen molar-refractivity contribution in [2.75, 3.05) is 37.3 Å². The maximum atomic E-state index is 12.4. The molecule has 1 aliphatic rings. The first-order valence-electron chi connectivity index (χ1n) is 8.95. The molecule has 4 nitrogen and oxygen atoms in total. The Morgan fingerprint density at radius 2 is 1.85 bits per heavy atom. The Morgan fingerprint density at radius 1 is 1.07 bits per heavy atom. The molecule has 0 bridgehead atoms. The molecular weight excluding hydrogens is 374 g/mol. The summed E-state index contributed by atoms with van der Waals surface area (Å²) in [5.41, 5.74) is 2.14. The summed E-state index contributed by atoms with van der Waals surface area (Å²) in [4.78, 5) is 22.7. The molecule has 138 valence electrons. The fourth-order valence-corrected chi connectivity index (χ4v) is 4.84. The monoisotopic (exact) mass is 395 g/mol. The van der Waals surface area contributed by atoms with Gasteiger partial charge in [-0.1, -0.05) is 47.7 Å². The fourth-order valence-electron chi connectivity index (χ4n) is 3.17. The lowest BCUT2D eigenvalue weighted by atomic mass is 10.2. The van der Waals surface area contributed by atoms with Gasteiger partial charge in [-0.15, -0.1) is 11.8 Å². The number of hydrogen-bond acceptors (Lipinski definition) is 5. The summed E-state index contributed by atoms with van der Waals surface area (Å²) in [5, 5.41) is 1.05. The summed E-state index contributed by atoms with van der Waals surface area (Å²) in [6.07, 6.45) is 5.64. The van der Waals surface area contributed by atoms with E-state index in [1.807, 2.05) is 41.3 Å². The second-order valence-corrected chi connectivity index (χ2v) is 8.22. The summed E-state index contributed by atoms with van der Waals surface area (Å²) in [6.45, 7) is 3.09. The number of benzene rings is 2. The summed E-state index contributed by atoms with van der Waals surface area (Å²) < 4.78 is 1.22. The van der Waals surface area contributed by atoms with E-state index in [-0.39, 0.29) is 5.91 Å². The highest BCUT2D eigenvalue weighted by Crippen LogP contribution is 2.34. The van der Waals surface area contributed by atoms with Gasteiger partial charge < -0.3 is 9.80 Å². The summed E-state index contributed by atoms with van der Waals surface area (Å²) >= 11 is 3.47. The van der Waals surface area contributed by atoms with E-state index in [1.165, 1.54) is 9.60 Å². The number of thioether (sulfide) groups is 1. The quantitative estimate of drug-likeness (QED) is 0.485. The minimum atomic E-state index is 0.0764. The molecular formula is C21H21N3OS2. The number of thiazole rings is 1. The Morgan fingerprint density at radius 3 is 2.59 bits per heavy atom. The molecule has 1 amide bonds. The van der Waals surface area contributed by atoms with Crippen molar-refractivity contribution in [1.29, 1.82) is 0 Å². The Kier molecular flexibility index (Phi) is 5.45. The van der Waals surface area contributed by atoms with Gasteiger partial charge in [0, 0.05) is 37.2 Å². The van der Waals surface area contributed by atoms with Crippen LogP contribution in [0.3, 0.4) is 0 Å². The maximum absolute atomic E-state index is 12.4. The van der Waals surface area contributed by atoms with Crippen LogP contribution in [0.5, 0.6) is 0 Å². The summed E-state index contributed by atoms with van der Waals surface area (Å²) in [6, 6.07) is 16.3. The number of carbonyl (C=O) groups is 1. The second kappa shape index (κ2) is 8.15. The van der Waals surface area contributed by atoms with Gasteiger partial charge in [-0.25, -0.2) is 4.98 Å². The Balaban J connectivity index is 1.40. The van der Waals surface area contributed by atoms with Crippen molar-refractivity contribution in [2.45, 2.75) is 4.90 Å². The van der Waals surface area contributed by atoms with Gasteiger partial charge in [-0.2, -0.15) is 0 Å². The van der Waals surface area contributed by atoms with Gasteiger partial charge in [0.15, 0.2) is 5.13 Å². The zero-order valence-electron chi connectivity index (χ0n) is 15.2. The van der Waals surface area contributed by atoms with Crippen LogP contribution in [0.1, 0.15) is 5.56 Å². The average Bonchev–Trinajstić information content (AvgIpc) is 3.17. The highest BCUT2D eigenvalue weighted by atomic mass is 32.2. The van der Waals surface area contributed by atoms with Crippen LogP contribution in [0.4, 0.5) is 5.13 Å². The second-order valence-electron chi connectivity index (χ2n) is 6.36. The molecule has 6 heteroatoms. The zero-order chi connectivity index (χ0) is 18.6. The SMILES string of the molecule is CSc1cccc2sc(N3CCN(C(=O)/C=C/c4ccccc4)CC3)nc12. The van der Waals surface area contributed by atoms with Crippen LogP contribution in [0.15, 0.2) is 59.5 Å². The largest absolute Gasteiger partial charge is 0.345 e. The van der Waals surface area contributed by atoms with Crippen molar-refractivity contribution in [1.82, 2.24) is 9.88 Å². The van der Waals surface area contributed by atoms with Gasteiger partial charge in [0.25, 0.3) is 0 Å². The van der Waals surface area contributed by atoms with Gasteiger partial charge in [0.05, 0.1) is 10.2 Å². The molecule has 1 saturated heterocycles. The molecule has 0 N–H and O–H groups in total. The zero-order valence-corrected chi connectivity index (χ0v) is 16.8. The van der Waals surface area contributed by atoms with E-state index in [0.29, 0.717) is 0 Å². The summed E-state index contributed by atoms with van der Waals surface area (Å²) in [7, 11) is 0. The van der Waals surface area contributed by atoms with Crippen LogP contribution >= 0.6 is 23.1 Å². The van der Waals surface area contributed by atoms with Gasteiger partial charge in [0.1, 0.15) is 0 Å². The molecule has 0 saturated carbocycles. The number of amides is 1. The molecule has 0 spiro atoms. The maximum Gasteiger partial charge on any atom is 0.246 e. The first-order valence-corrected chi connectivity index (χ1v) is 11.0. The van der Waals surface area contributed by atoms with E-state index in [1.54, 1.807) is 29.2 Å². The van der Waals surface area contributed by atoms with Crippen molar-refractivity contribution in [3.63, 3.8) is 0 Å². The third kappa shape index (κ3) is 4.01. The molecule has 2 aromatic carbocycles. The molecule has 1 aromatic heterocycles. The molecule has 3 aromatic rings. The van der Waals surface area contributed by atoms with Gasteiger partial charge in [0.2, 0.25) is 5.91 Å². The third-order valence-corrected chi connectivity index (χ3v) is 6.52. The van der Waals surface area contributed by atoms with Crippen LogP contribution in [-0.2, 0) is 4.79 Å². The fraction of sp³-hybridized carbons (Fsp3) is 0.238. The van der Waals surface area contributed by atoms with E-state index in [0.717, 1.165) is 42.4 Å². The molecule has 2 heterocycles. The van der Waals surface area contributed by atoms with E-state index in [2.05, 4.69) is 29.4 Å². The molecule has 1 fully saturated rings. The third-order valence-electron chi connectivity index (χ3n) is 4.67. The van der Waals surface area contributed by atoms with Gasteiger partial charge >= 0.3 is 0 Å². The van der Waals surface area contributed by atoms with E-state index < -0.39 is 0 Å². The van der Waals surface area contributed by atoms with Crippen LogP contribution in [-0.4, -0.2) is 48.2 Å². The van der Waals surface area contributed by atoms with Crippen LogP contribution in [0.25, 0.3) is 16.3 Å². The predicted octanol–water partition coefficient (Wildman–Crippen LogP) is 4.38. The highest BCUT2D eigenvalue weighted by molar-refractivity contribution is 7.98. The molecule has 0 aliphatic carbocycles. The average molecular weight is 396 g/mol. The number of piperazine rings is 1. The number of fused-ring (bicyclic) bond motifs is 1. The minimum absolute atomic E-state index is 0.0764. The van der Waals surface area contributed by atoms with Crippen molar-refractivity contribution in [3.8, 4) is 0 Å². The van der Waals surface area contributed by atoms with Crippen molar-refractivity contribution in [2.24, 2.45) is 0 Å². The standard InChI is InChI=1S/C21H21N3OS2/c1-26-17-8-5-9-18-20(17)22-21(27-18)24-14-12-23(13-15-24)19(25)11-10-16-6-3-2-4-7-16/h2-11H,12-15H2,1H3/b11-10+. The normalized spacial score (nSPS) is 15.0. The van der Waals surface area contributed by atoms with Crippen LogP contribution < -0.4 is 4.90 Å². The Hall–Kier alpha value is -2.31. The van der Waals surface area contributed by atoms with Crippen molar-refractivity contribution < 1.29 is 4.79 Å². The van der Waals surface area contributed by atoms with Gasteiger partial charge in [-0.05, 0) is 30.0 Å². The number of carbonyl (C=O) groups excluding carboxylic acids is 1. The topological polar surface area (TPSA) is 36.4 Å². The molecule has 0 unspecified atom stereocenters. The Bertz CT molecular complexity index is 960. The number of anilines is 1. The van der Waals surface area contributed by atoms with E-state index >= 15 is 0 Å². The number of rotatable bonds is 4. The van der Waals surface area contributed by atoms with E-state index in [9.17, 15) is 4.79 Å². The molecule has 0 radical (unpaired) electrons. The van der Waals surface area contributed by atoms with Crippen LogP contribution in [0, 0.1) is 0 Å². The smallest absolute Gasteiger partial charge is 0.246 e. The first kappa shape index (κ1) is 18.1. The first-order chi connectivity index (χ1) is 13.2. The number of nitrogens with zero attached hydrogens (tertiary/aromatic N) is 3. The van der Waals surface area contributed by atoms with Gasteiger partial charge in [-0.3, -0.25) is 4.79 Å². The molecule has 1 aliphatic heterocycles. The lowest BCUT2D eigenvalue weighted by Crippen LogP contribution is -2.48. The number of aromatic nitrogens is 1. The Labute approximate surface area is 167 Å². The van der Waals surface area contributed by atoms with Crippen molar-refractivity contribution >= 4 is 50.4 Å². The molecule has 27 heavy (non-hydrogen) atoms. The highest BCUT2D eigenvalue weighted by Gasteiger charge is 2.22. The van der Waals surface area contributed by atoms with Crippen molar-refractivity contribution in [3.05, 3.63) is 60.2 Å². The number of hydrogen-bond donors (Lipinski definition) is 0. The van der Waals surface area contributed by atoms with E-state index in [4.69, 9.17) is 4.98 Å². The van der Waals surface area contributed by atoms with Crippen LogP contribution in [0.2, 0.25) is 0 Å². The molecule has 4 rings (SSSR count). The summed E-state index contributed by atoms with van der Waals surface area (Å²) in [5.74, 6) is 0.0764. The lowest BCUT2D eigenvalue weighted by Gasteiger charge is -2.34. The lowest BCUT2D eigenvalue weighted by molar-refractivity contribution is -0.126. The predicted molar refractivity (Wildman–Crippen MR) is 116 cm³/mol. The molecule has 0 atom stereocenters. The number of para-hydroxylation sites is 1.